The van der Waals surface area contributed by atoms with Gasteiger partial charge in [0.1, 0.15) is 11.6 Å². The quantitative estimate of drug-likeness (QED) is 0.661. The normalized spacial score (nSPS) is 20.2. The molecule has 0 aromatic heterocycles. The van der Waals surface area contributed by atoms with Gasteiger partial charge in [0, 0.05) is 32.2 Å². The van der Waals surface area contributed by atoms with Crippen LogP contribution in [0.3, 0.4) is 0 Å². The molecular weight excluding hydrogens is 429 g/mol. The average Bonchev–Trinajstić information content (AvgIpc) is 3.07. The Labute approximate surface area is 190 Å². The van der Waals surface area contributed by atoms with Crippen molar-refractivity contribution in [1.82, 2.24) is 14.1 Å². The molecule has 2 fully saturated rings. The van der Waals surface area contributed by atoms with Gasteiger partial charge in [-0.05, 0) is 80.9 Å². The lowest BCUT2D eigenvalue weighted by atomic mass is 10.0. The van der Waals surface area contributed by atoms with Crippen molar-refractivity contribution in [2.24, 2.45) is 0 Å². The number of methoxy groups -OCH3 is 1. The molecule has 2 aliphatic heterocycles. The predicted octanol–water partition coefficient (Wildman–Crippen LogP) is 3.20. The summed E-state index contributed by atoms with van der Waals surface area (Å²) in [4.78, 5) is 5.12. The number of rotatable bonds is 6. The first-order valence-corrected chi connectivity index (χ1v) is 12.7. The highest BCUT2D eigenvalue weighted by Gasteiger charge is 2.30. The molecule has 2 aromatic rings. The number of benzene rings is 2. The van der Waals surface area contributed by atoms with E-state index in [4.69, 9.17) is 4.74 Å². The molecule has 0 N–H and O–H groups in total. The summed E-state index contributed by atoms with van der Waals surface area (Å²) in [5.74, 6) is 0.452. The molecule has 2 aromatic carbocycles. The third kappa shape index (κ3) is 5.49. The van der Waals surface area contributed by atoms with Crippen molar-refractivity contribution < 1.29 is 17.5 Å². The van der Waals surface area contributed by atoms with E-state index in [0.29, 0.717) is 19.1 Å². The van der Waals surface area contributed by atoms with Crippen LogP contribution in [0.1, 0.15) is 24.8 Å². The fourth-order valence-electron chi connectivity index (χ4n) is 4.71. The van der Waals surface area contributed by atoms with Gasteiger partial charge in [-0.2, -0.15) is 4.31 Å². The second-order valence-corrected chi connectivity index (χ2v) is 10.5. The Morgan fingerprint density at radius 1 is 0.906 bits per heavy atom. The van der Waals surface area contributed by atoms with E-state index in [1.165, 1.54) is 29.8 Å². The summed E-state index contributed by atoms with van der Waals surface area (Å²) in [5.41, 5.74) is 1.29. The van der Waals surface area contributed by atoms with Crippen LogP contribution in [-0.4, -0.2) is 74.9 Å². The summed E-state index contributed by atoms with van der Waals surface area (Å²) < 4.78 is 45.9. The zero-order chi connectivity index (χ0) is 22.6. The zero-order valence-electron chi connectivity index (χ0n) is 18.6. The Morgan fingerprint density at radius 2 is 1.59 bits per heavy atom. The number of halogens is 1. The smallest absolute Gasteiger partial charge is 0.243 e. The van der Waals surface area contributed by atoms with Gasteiger partial charge in [-0.25, -0.2) is 12.8 Å². The van der Waals surface area contributed by atoms with E-state index in [1.807, 2.05) is 12.1 Å². The molecular formula is C24H32FN3O3S. The van der Waals surface area contributed by atoms with Crippen LogP contribution in [0.2, 0.25) is 0 Å². The molecule has 0 saturated carbocycles. The number of ether oxygens (including phenoxy) is 1. The summed E-state index contributed by atoms with van der Waals surface area (Å²) in [6, 6.07) is 13.9. The second kappa shape index (κ2) is 10.3. The molecule has 6 nitrogen and oxygen atoms in total. The van der Waals surface area contributed by atoms with Crippen LogP contribution >= 0.6 is 0 Å². The molecule has 0 spiro atoms. The Morgan fingerprint density at radius 3 is 2.25 bits per heavy atom. The first-order valence-electron chi connectivity index (χ1n) is 11.3. The lowest BCUT2D eigenvalue weighted by molar-refractivity contribution is 0.108. The first kappa shape index (κ1) is 23.2. The molecule has 2 heterocycles. The molecule has 32 heavy (non-hydrogen) atoms. The minimum Gasteiger partial charge on any atom is -0.497 e. The lowest BCUT2D eigenvalue weighted by Gasteiger charge is -2.38. The first-order chi connectivity index (χ1) is 15.5. The number of hydrogen-bond acceptors (Lipinski definition) is 5. The second-order valence-electron chi connectivity index (χ2n) is 8.60. The van der Waals surface area contributed by atoms with Crippen molar-refractivity contribution in [2.45, 2.75) is 36.7 Å². The van der Waals surface area contributed by atoms with E-state index in [0.717, 1.165) is 57.7 Å². The van der Waals surface area contributed by atoms with Gasteiger partial charge in [-0.3, -0.25) is 9.80 Å². The van der Waals surface area contributed by atoms with E-state index >= 15 is 0 Å². The molecule has 0 atom stereocenters. The van der Waals surface area contributed by atoms with Gasteiger partial charge >= 0.3 is 0 Å². The topological polar surface area (TPSA) is 53.1 Å². The van der Waals surface area contributed by atoms with Crippen LogP contribution in [-0.2, 0) is 16.6 Å². The Kier molecular flexibility index (Phi) is 7.45. The minimum absolute atomic E-state index is 0.166. The van der Waals surface area contributed by atoms with Gasteiger partial charge in [-0.15, -0.1) is 0 Å². The Hall–Kier alpha value is -2.00. The molecule has 2 saturated heterocycles. The van der Waals surface area contributed by atoms with Crippen LogP contribution in [0.5, 0.6) is 5.75 Å². The van der Waals surface area contributed by atoms with Gasteiger partial charge in [0.15, 0.2) is 0 Å². The van der Waals surface area contributed by atoms with Gasteiger partial charge in [0.05, 0.1) is 12.0 Å². The summed E-state index contributed by atoms with van der Waals surface area (Å²) in [5, 5.41) is 0. The van der Waals surface area contributed by atoms with Gasteiger partial charge < -0.3 is 4.74 Å². The van der Waals surface area contributed by atoms with Crippen molar-refractivity contribution in [3.05, 3.63) is 59.9 Å². The molecule has 0 radical (unpaired) electrons. The minimum atomic E-state index is -3.58. The average molecular weight is 462 g/mol. The van der Waals surface area contributed by atoms with E-state index in [1.54, 1.807) is 11.4 Å². The van der Waals surface area contributed by atoms with Crippen molar-refractivity contribution in [3.8, 4) is 5.75 Å². The summed E-state index contributed by atoms with van der Waals surface area (Å²) in [6.07, 6.45) is 3.01. The predicted molar refractivity (Wildman–Crippen MR) is 123 cm³/mol. The number of likely N-dealkylation sites (tertiary alicyclic amines) is 1. The number of nitrogens with zero attached hydrogens (tertiary/aromatic N) is 3. The standard InChI is InChI=1S/C24H32FN3O3S/c1-31-23-7-3-20(4-8-23)19-26-15-11-22(12-16-26)27-13-2-14-28(18-17-27)32(29,30)24-9-5-21(25)6-10-24/h3-10,22H,2,11-19H2,1H3. The molecule has 0 unspecified atom stereocenters. The Bertz CT molecular complexity index is 975. The number of sulfonamides is 1. The molecule has 0 aliphatic carbocycles. The molecule has 4 rings (SSSR count). The van der Waals surface area contributed by atoms with Crippen LogP contribution < -0.4 is 4.74 Å². The third-order valence-electron chi connectivity index (χ3n) is 6.58. The zero-order valence-corrected chi connectivity index (χ0v) is 19.4. The van der Waals surface area contributed by atoms with Gasteiger partial charge in [0.2, 0.25) is 10.0 Å². The SMILES string of the molecule is COc1ccc(CN2CCC(N3CCCN(S(=O)(=O)c4ccc(F)cc4)CC3)CC2)cc1. The molecule has 174 valence electrons. The fraction of sp³-hybridized carbons (Fsp3) is 0.500. The monoisotopic (exact) mass is 461 g/mol. The van der Waals surface area contributed by atoms with Crippen molar-refractivity contribution >= 4 is 10.0 Å². The van der Waals surface area contributed by atoms with Gasteiger partial charge in [0.25, 0.3) is 0 Å². The van der Waals surface area contributed by atoms with Gasteiger partial charge in [-0.1, -0.05) is 12.1 Å². The Balaban J connectivity index is 1.29. The maximum Gasteiger partial charge on any atom is 0.243 e. The van der Waals surface area contributed by atoms with Crippen LogP contribution in [0.15, 0.2) is 53.4 Å². The summed E-state index contributed by atoms with van der Waals surface area (Å²) >= 11 is 0. The van der Waals surface area contributed by atoms with Crippen molar-refractivity contribution in [3.63, 3.8) is 0 Å². The van der Waals surface area contributed by atoms with Crippen LogP contribution in [0, 0.1) is 5.82 Å². The summed E-state index contributed by atoms with van der Waals surface area (Å²) in [6.45, 7) is 5.68. The van der Waals surface area contributed by atoms with Crippen molar-refractivity contribution in [1.29, 1.82) is 0 Å². The molecule has 0 amide bonds. The largest absolute Gasteiger partial charge is 0.497 e. The maximum absolute atomic E-state index is 13.2. The number of hydrogen-bond donors (Lipinski definition) is 0. The summed E-state index contributed by atoms with van der Waals surface area (Å²) in [7, 11) is -1.90. The van der Waals surface area contributed by atoms with E-state index in [2.05, 4.69) is 21.9 Å². The highest BCUT2D eigenvalue weighted by Crippen LogP contribution is 2.23. The lowest BCUT2D eigenvalue weighted by Crippen LogP contribution is -2.46. The van der Waals surface area contributed by atoms with E-state index in [9.17, 15) is 12.8 Å². The molecule has 8 heteroatoms. The highest BCUT2D eigenvalue weighted by atomic mass is 32.2. The van der Waals surface area contributed by atoms with Crippen LogP contribution in [0.4, 0.5) is 4.39 Å². The maximum atomic E-state index is 13.2. The van der Waals surface area contributed by atoms with E-state index < -0.39 is 15.8 Å². The third-order valence-corrected chi connectivity index (χ3v) is 8.49. The molecule has 2 aliphatic rings. The van der Waals surface area contributed by atoms with Crippen LogP contribution in [0.25, 0.3) is 0 Å². The van der Waals surface area contributed by atoms with E-state index in [-0.39, 0.29) is 4.90 Å². The number of piperidine rings is 1. The fourth-order valence-corrected chi connectivity index (χ4v) is 6.18. The molecule has 0 bridgehead atoms. The highest BCUT2D eigenvalue weighted by molar-refractivity contribution is 7.89. The van der Waals surface area contributed by atoms with Crippen molar-refractivity contribution in [2.75, 3.05) is 46.4 Å².